The molecule has 0 aliphatic carbocycles. The summed E-state index contributed by atoms with van der Waals surface area (Å²) in [6.07, 6.45) is 0. The van der Waals surface area contributed by atoms with E-state index in [2.05, 4.69) is 5.32 Å². The van der Waals surface area contributed by atoms with Crippen molar-refractivity contribution in [3.8, 4) is 11.4 Å². The zero-order chi connectivity index (χ0) is 22.8. The first-order chi connectivity index (χ1) is 15.4. The third-order valence-corrected chi connectivity index (χ3v) is 6.32. The highest BCUT2D eigenvalue weighted by Crippen LogP contribution is 2.18. The minimum atomic E-state index is -0.541. The fourth-order valence-electron chi connectivity index (χ4n) is 3.52. The number of ether oxygens (including phenoxy) is 1. The number of nitrogens with one attached hydrogen (secondary N) is 1. The highest BCUT2D eigenvalue weighted by molar-refractivity contribution is 7.17. The summed E-state index contributed by atoms with van der Waals surface area (Å²) in [7, 11) is 1.58. The van der Waals surface area contributed by atoms with Gasteiger partial charge in [0.2, 0.25) is 5.91 Å². The van der Waals surface area contributed by atoms with Crippen LogP contribution in [0.4, 0.5) is 0 Å². The minimum Gasteiger partial charge on any atom is -0.497 e. The molecule has 0 aliphatic rings. The number of hydrogen-bond donors (Lipinski definition) is 1. The van der Waals surface area contributed by atoms with Crippen LogP contribution in [-0.4, -0.2) is 22.2 Å². The van der Waals surface area contributed by atoms with Gasteiger partial charge >= 0.3 is 5.69 Å². The SMILES string of the molecule is COc1cccc(CNC(=O)Cn2c(=O)n(-c3ccc(C)c(C)c3)c(=O)c3sccc32)c1. The number of methoxy groups -OCH3 is 1. The van der Waals surface area contributed by atoms with Gasteiger partial charge in [0.15, 0.2) is 0 Å². The lowest BCUT2D eigenvalue weighted by atomic mass is 10.1. The number of amides is 1. The van der Waals surface area contributed by atoms with E-state index in [1.807, 2.05) is 50.2 Å². The molecular weight excluding hydrogens is 426 g/mol. The van der Waals surface area contributed by atoms with Crippen LogP contribution < -0.4 is 21.3 Å². The van der Waals surface area contributed by atoms with Crippen LogP contribution in [0.15, 0.2) is 63.5 Å². The summed E-state index contributed by atoms with van der Waals surface area (Å²) < 4.78 is 8.13. The molecule has 7 nitrogen and oxygen atoms in total. The monoisotopic (exact) mass is 449 g/mol. The number of carbonyl (C=O) groups is 1. The van der Waals surface area contributed by atoms with E-state index in [-0.39, 0.29) is 18.0 Å². The Morgan fingerprint density at radius 1 is 1.06 bits per heavy atom. The lowest BCUT2D eigenvalue weighted by Gasteiger charge is -2.13. The molecule has 0 fully saturated rings. The first-order valence-electron chi connectivity index (χ1n) is 10.1. The normalized spacial score (nSPS) is 11.0. The third kappa shape index (κ3) is 4.09. The van der Waals surface area contributed by atoms with E-state index in [4.69, 9.17) is 4.74 Å². The van der Waals surface area contributed by atoms with Gasteiger partial charge in [-0.1, -0.05) is 18.2 Å². The van der Waals surface area contributed by atoms with E-state index in [0.29, 0.717) is 28.2 Å². The number of rotatable bonds is 6. The summed E-state index contributed by atoms with van der Waals surface area (Å²) in [5.41, 5.74) is 2.95. The lowest BCUT2D eigenvalue weighted by Crippen LogP contribution is -2.41. The topological polar surface area (TPSA) is 82.3 Å². The number of hydrogen-bond acceptors (Lipinski definition) is 5. The molecule has 0 saturated carbocycles. The third-order valence-electron chi connectivity index (χ3n) is 5.43. The maximum absolute atomic E-state index is 13.3. The van der Waals surface area contributed by atoms with Crippen molar-refractivity contribution >= 4 is 27.5 Å². The van der Waals surface area contributed by atoms with Crippen LogP contribution in [0.1, 0.15) is 16.7 Å². The molecule has 1 amide bonds. The molecule has 2 aromatic heterocycles. The molecule has 0 bridgehead atoms. The van der Waals surface area contributed by atoms with Crippen molar-refractivity contribution in [3.05, 3.63) is 91.4 Å². The molecule has 4 aromatic rings. The molecule has 0 radical (unpaired) electrons. The van der Waals surface area contributed by atoms with Crippen LogP contribution >= 0.6 is 11.3 Å². The van der Waals surface area contributed by atoms with Gasteiger partial charge in [0.05, 0.1) is 18.3 Å². The fourth-order valence-corrected chi connectivity index (χ4v) is 4.34. The largest absolute Gasteiger partial charge is 0.497 e. The summed E-state index contributed by atoms with van der Waals surface area (Å²) in [6, 6.07) is 14.5. The van der Waals surface area contributed by atoms with Gasteiger partial charge in [0.25, 0.3) is 5.56 Å². The van der Waals surface area contributed by atoms with Crippen molar-refractivity contribution in [1.82, 2.24) is 14.5 Å². The van der Waals surface area contributed by atoms with Crippen LogP contribution in [0.25, 0.3) is 15.9 Å². The van der Waals surface area contributed by atoms with E-state index in [1.54, 1.807) is 24.6 Å². The van der Waals surface area contributed by atoms with Crippen molar-refractivity contribution in [2.75, 3.05) is 7.11 Å². The minimum absolute atomic E-state index is 0.193. The van der Waals surface area contributed by atoms with Crippen LogP contribution in [0.3, 0.4) is 0 Å². The summed E-state index contributed by atoms with van der Waals surface area (Å²) in [4.78, 5) is 39.1. The molecule has 2 aromatic carbocycles. The molecule has 1 N–H and O–H groups in total. The van der Waals surface area contributed by atoms with Gasteiger partial charge in [-0.25, -0.2) is 9.36 Å². The van der Waals surface area contributed by atoms with Crippen LogP contribution in [-0.2, 0) is 17.9 Å². The first-order valence-corrected chi connectivity index (χ1v) is 11.0. The van der Waals surface area contributed by atoms with Crippen molar-refractivity contribution in [3.63, 3.8) is 0 Å². The first kappa shape index (κ1) is 21.6. The standard InChI is InChI=1S/C24H23N3O4S/c1-15-7-8-18(11-16(15)2)27-23(29)22-20(9-10-32-22)26(24(27)30)14-21(28)25-13-17-5-4-6-19(12-17)31-3/h4-12H,13-14H2,1-3H3,(H,25,28). The Labute approximate surface area is 188 Å². The summed E-state index contributed by atoms with van der Waals surface area (Å²) >= 11 is 1.26. The van der Waals surface area contributed by atoms with E-state index >= 15 is 0 Å². The Balaban J connectivity index is 1.68. The van der Waals surface area contributed by atoms with Crippen molar-refractivity contribution in [2.24, 2.45) is 0 Å². The van der Waals surface area contributed by atoms with Gasteiger partial charge < -0.3 is 10.1 Å². The highest BCUT2D eigenvalue weighted by Gasteiger charge is 2.18. The number of nitrogens with zero attached hydrogens (tertiary/aromatic N) is 2. The van der Waals surface area contributed by atoms with Gasteiger partial charge in [-0.15, -0.1) is 11.3 Å². The Bertz CT molecular complexity index is 1430. The molecule has 0 saturated heterocycles. The molecule has 0 atom stereocenters. The number of thiophene rings is 1. The molecule has 4 rings (SSSR count). The smallest absolute Gasteiger partial charge is 0.336 e. The van der Waals surface area contributed by atoms with Gasteiger partial charge in [-0.05, 0) is 66.2 Å². The molecular formula is C24H23N3O4S. The quantitative estimate of drug-likeness (QED) is 0.490. The highest BCUT2D eigenvalue weighted by atomic mass is 32.1. The van der Waals surface area contributed by atoms with Crippen molar-refractivity contribution in [1.29, 1.82) is 0 Å². The lowest BCUT2D eigenvalue weighted by molar-refractivity contribution is -0.121. The fraction of sp³-hybridized carbons (Fsp3) is 0.208. The summed E-state index contributed by atoms with van der Waals surface area (Å²) in [5.74, 6) is 0.376. The molecule has 0 aliphatic heterocycles. The van der Waals surface area contributed by atoms with E-state index in [1.165, 1.54) is 15.9 Å². The van der Waals surface area contributed by atoms with Crippen LogP contribution in [0, 0.1) is 13.8 Å². The second-order valence-corrected chi connectivity index (χ2v) is 8.46. The van der Waals surface area contributed by atoms with E-state index in [0.717, 1.165) is 21.3 Å². The maximum atomic E-state index is 13.3. The zero-order valence-electron chi connectivity index (χ0n) is 18.0. The second kappa shape index (κ2) is 8.84. The number of aryl methyl sites for hydroxylation is 2. The van der Waals surface area contributed by atoms with Gasteiger partial charge in [0, 0.05) is 6.54 Å². The molecule has 0 spiro atoms. The molecule has 0 unspecified atom stereocenters. The number of fused-ring (bicyclic) bond motifs is 1. The Kier molecular flexibility index (Phi) is 5.96. The van der Waals surface area contributed by atoms with Gasteiger partial charge in [-0.2, -0.15) is 0 Å². The number of aromatic nitrogens is 2. The number of carbonyl (C=O) groups excluding carboxylic acids is 1. The van der Waals surface area contributed by atoms with Crippen molar-refractivity contribution < 1.29 is 9.53 Å². The molecule has 2 heterocycles. The average molecular weight is 450 g/mol. The predicted octanol–water partition coefficient (Wildman–Crippen LogP) is 3.16. The molecule has 8 heteroatoms. The second-order valence-electron chi connectivity index (χ2n) is 7.54. The Morgan fingerprint density at radius 3 is 2.62 bits per heavy atom. The Morgan fingerprint density at radius 2 is 1.88 bits per heavy atom. The number of benzene rings is 2. The van der Waals surface area contributed by atoms with Crippen LogP contribution in [0.5, 0.6) is 5.75 Å². The summed E-state index contributed by atoms with van der Waals surface area (Å²) in [5, 5.41) is 4.59. The maximum Gasteiger partial charge on any atom is 0.336 e. The van der Waals surface area contributed by atoms with E-state index < -0.39 is 5.69 Å². The summed E-state index contributed by atoms with van der Waals surface area (Å²) in [6.45, 7) is 4.00. The molecule has 32 heavy (non-hydrogen) atoms. The van der Waals surface area contributed by atoms with Gasteiger partial charge in [0.1, 0.15) is 17.0 Å². The predicted molar refractivity (Wildman–Crippen MR) is 126 cm³/mol. The average Bonchev–Trinajstić information content (AvgIpc) is 3.28. The van der Waals surface area contributed by atoms with E-state index in [9.17, 15) is 14.4 Å². The molecule has 164 valence electrons. The Hall–Kier alpha value is -3.65. The van der Waals surface area contributed by atoms with Crippen molar-refractivity contribution in [2.45, 2.75) is 26.9 Å². The van der Waals surface area contributed by atoms with Gasteiger partial charge in [-0.3, -0.25) is 14.2 Å². The van der Waals surface area contributed by atoms with Crippen LogP contribution in [0.2, 0.25) is 0 Å². The zero-order valence-corrected chi connectivity index (χ0v) is 18.9.